The first-order chi connectivity index (χ1) is 10.8. The maximum Gasteiger partial charge on any atom is 0.0994 e. The van der Waals surface area contributed by atoms with E-state index in [1.54, 1.807) is 0 Å². The van der Waals surface area contributed by atoms with E-state index in [1.165, 1.54) is 48.3 Å². The number of thioether (sulfide) groups is 2. The van der Waals surface area contributed by atoms with Gasteiger partial charge in [-0.3, -0.25) is 0 Å². The van der Waals surface area contributed by atoms with E-state index in [9.17, 15) is 5.26 Å². The van der Waals surface area contributed by atoms with Crippen LogP contribution in [0.2, 0.25) is 0 Å². The first-order valence-electron chi connectivity index (χ1n) is 8.54. The topological polar surface area (TPSA) is 23.8 Å². The largest absolute Gasteiger partial charge is 0.192 e. The third-order valence-corrected chi connectivity index (χ3v) is 7.52. The Kier molecular flexibility index (Phi) is 7.69. The van der Waals surface area contributed by atoms with E-state index in [1.807, 2.05) is 0 Å². The first-order valence-corrected chi connectivity index (χ1v) is 10.6. The molecule has 1 aliphatic heterocycles. The van der Waals surface area contributed by atoms with Gasteiger partial charge in [0.25, 0.3) is 0 Å². The van der Waals surface area contributed by atoms with Crippen molar-refractivity contribution in [2.45, 2.75) is 57.0 Å². The van der Waals surface area contributed by atoms with Gasteiger partial charge >= 0.3 is 0 Å². The Hall–Kier alpha value is -0.590. The number of hydrogen-bond donors (Lipinski definition) is 0. The Labute approximate surface area is 144 Å². The van der Waals surface area contributed by atoms with E-state index in [2.05, 4.69) is 61.6 Å². The quantitative estimate of drug-likeness (QED) is 0.556. The molecule has 0 aromatic heterocycles. The van der Waals surface area contributed by atoms with Crippen molar-refractivity contribution in [1.29, 1.82) is 5.26 Å². The molecule has 0 saturated carbocycles. The van der Waals surface area contributed by atoms with Crippen molar-refractivity contribution in [2.75, 3.05) is 11.5 Å². The number of nitriles is 1. The lowest BCUT2D eigenvalue weighted by Gasteiger charge is -2.28. The lowest BCUT2D eigenvalue weighted by Crippen LogP contribution is -2.14. The van der Waals surface area contributed by atoms with Crippen LogP contribution in [-0.4, -0.2) is 11.5 Å². The van der Waals surface area contributed by atoms with Crippen LogP contribution in [0.15, 0.2) is 18.2 Å². The highest BCUT2D eigenvalue weighted by Gasteiger charge is 2.23. The molecule has 1 saturated heterocycles. The summed E-state index contributed by atoms with van der Waals surface area (Å²) in [6.07, 6.45) is 7.57. The Morgan fingerprint density at radius 1 is 1.14 bits per heavy atom. The van der Waals surface area contributed by atoms with Gasteiger partial charge in [-0.05, 0) is 47.5 Å². The highest BCUT2D eigenvalue weighted by atomic mass is 32.2. The van der Waals surface area contributed by atoms with Crippen LogP contribution >= 0.6 is 23.5 Å². The summed E-state index contributed by atoms with van der Waals surface area (Å²) in [5.41, 5.74) is 3.42. The van der Waals surface area contributed by atoms with Gasteiger partial charge in [0.2, 0.25) is 0 Å². The highest BCUT2D eigenvalue weighted by Crippen LogP contribution is 2.46. The SMILES string of the molecule is CCCCCC1CSC(c2ccc(CCC)c(C#N)c2)SC1. The van der Waals surface area contributed by atoms with Crippen molar-refractivity contribution in [1.82, 2.24) is 0 Å². The minimum Gasteiger partial charge on any atom is -0.192 e. The molecule has 1 aromatic rings. The van der Waals surface area contributed by atoms with E-state index >= 15 is 0 Å². The summed E-state index contributed by atoms with van der Waals surface area (Å²) in [5, 5.41) is 9.37. The second kappa shape index (κ2) is 9.53. The van der Waals surface area contributed by atoms with Gasteiger partial charge in [0.1, 0.15) is 0 Å². The Morgan fingerprint density at radius 3 is 2.55 bits per heavy atom. The summed E-state index contributed by atoms with van der Waals surface area (Å²) in [6.45, 7) is 4.44. The third kappa shape index (κ3) is 4.96. The lowest BCUT2D eigenvalue weighted by atomic mass is 10.0. The van der Waals surface area contributed by atoms with Gasteiger partial charge in [-0.2, -0.15) is 5.26 Å². The molecule has 1 aromatic carbocycles. The fourth-order valence-corrected chi connectivity index (χ4v) is 6.06. The zero-order valence-electron chi connectivity index (χ0n) is 13.8. The van der Waals surface area contributed by atoms with Crippen LogP contribution in [0.25, 0.3) is 0 Å². The maximum atomic E-state index is 9.37. The molecule has 0 amide bonds. The van der Waals surface area contributed by atoms with Crippen molar-refractivity contribution >= 4 is 23.5 Å². The van der Waals surface area contributed by atoms with Crippen LogP contribution < -0.4 is 0 Å². The summed E-state index contributed by atoms with van der Waals surface area (Å²) in [7, 11) is 0. The van der Waals surface area contributed by atoms with Crippen LogP contribution in [0.5, 0.6) is 0 Å². The molecule has 2 rings (SSSR count). The smallest absolute Gasteiger partial charge is 0.0994 e. The van der Waals surface area contributed by atoms with E-state index < -0.39 is 0 Å². The number of nitrogens with zero attached hydrogens (tertiary/aromatic N) is 1. The lowest BCUT2D eigenvalue weighted by molar-refractivity contribution is 0.546. The van der Waals surface area contributed by atoms with Gasteiger partial charge < -0.3 is 0 Å². The molecule has 0 spiro atoms. The van der Waals surface area contributed by atoms with Crippen LogP contribution in [0.1, 0.15) is 67.2 Å². The van der Waals surface area contributed by atoms with Crippen molar-refractivity contribution in [3.63, 3.8) is 0 Å². The number of aryl methyl sites for hydroxylation is 1. The molecule has 0 unspecified atom stereocenters. The molecule has 1 nitrogen and oxygen atoms in total. The number of rotatable bonds is 7. The maximum absolute atomic E-state index is 9.37. The van der Waals surface area contributed by atoms with E-state index in [-0.39, 0.29) is 0 Å². The zero-order chi connectivity index (χ0) is 15.8. The summed E-state index contributed by atoms with van der Waals surface area (Å²) >= 11 is 4.15. The molecule has 0 aliphatic carbocycles. The second-order valence-electron chi connectivity index (χ2n) is 6.14. The van der Waals surface area contributed by atoms with Gasteiger partial charge in [0.05, 0.1) is 16.2 Å². The van der Waals surface area contributed by atoms with Crippen molar-refractivity contribution in [3.05, 3.63) is 34.9 Å². The first kappa shape index (κ1) is 17.8. The van der Waals surface area contributed by atoms with E-state index in [4.69, 9.17) is 0 Å². The van der Waals surface area contributed by atoms with Crippen molar-refractivity contribution in [2.24, 2.45) is 5.92 Å². The zero-order valence-corrected chi connectivity index (χ0v) is 15.4. The van der Waals surface area contributed by atoms with Gasteiger partial charge in [-0.25, -0.2) is 0 Å². The minimum absolute atomic E-state index is 0.519. The van der Waals surface area contributed by atoms with Crippen LogP contribution in [0.4, 0.5) is 0 Å². The predicted octanol–water partition coefficient (Wildman–Crippen LogP) is 6.19. The van der Waals surface area contributed by atoms with Gasteiger partial charge in [-0.15, -0.1) is 23.5 Å². The number of hydrogen-bond acceptors (Lipinski definition) is 3. The summed E-state index contributed by atoms with van der Waals surface area (Å²) < 4.78 is 0.519. The average Bonchev–Trinajstić information content (AvgIpc) is 2.56. The summed E-state index contributed by atoms with van der Waals surface area (Å²) in [6, 6.07) is 8.93. The van der Waals surface area contributed by atoms with Gasteiger partial charge in [0, 0.05) is 0 Å². The minimum atomic E-state index is 0.519. The molecule has 120 valence electrons. The average molecular weight is 334 g/mol. The molecule has 22 heavy (non-hydrogen) atoms. The third-order valence-electron chi connectivity index (χ3n) is 4.23. The summed E-state index contributed by atoms with van der Waals surface area (Å²) in [4.78, 5) is 0. The fraction of sp³-hybridized carbons (Fsp3) is 0.632. The van der Waals surface area contributed by atoms with Gasteiger partial charge in [0.15, 0.2) is 0 Å². The van der Waals surface area contributed by atoms with Crippen LogP contribution in [0, 0.1) is 17.2 Å². The molecule has 0 N–H and O–H groups in total. The molecule has 1 aliphatic rings. The molecular weight excluding hydrogens is 306 g/mol. The fourth-order valence-electron chi connectivity index (χ4n) is 2.92. The van der Waals surface area contributed by atoms with Crippen LogP contribution in [0.3, 0.4) is 0 Å². The molecule has 3 heteroatoms. The Balaban J connectivity index is 1.92. The van der Waals surface area contributed by atoms with Crippen LogP contribution in [-0.2, 0) is 6.42 Å². The molecule has 0 radical (unpaired) electrons. The Morgan fingerprint density at radius 2 is 1.91 bits per heavy atom. The number of unbranched alkanes of at least 4 members (excludes halogenated alkanes) is 2. The summed E-state index contributed by atoms with van der Waals surface area (Å²) in [5.74, 6) is 3.44. The highest BCUT2D eigenvalue weighted by molar-refractivity contribution is 8.16. The number of benzene rings is 1. The van der Waals surface area contributed by atoms with Crippen molar-refractivity contribution in [3.8, 4) is 6.07 Å². The molecule has 1 fully saturated rings. The van der Waals surface area contributed by atoms with Gasteiger partial charge in [-0.1, -0.05) is 51.7 Å². The molecule has 1 heterocycles. The Bertz CT molecular complexity index is 499. The predicted molar refractivity (Wildman–Crippen MR) is 100 cm³/mol. The molecule has 0 atom stereocenters. The normalized spacial score (nSPS) is 21.5. The van der Waals surface area contributed by atoms with E-state index in [0.29, 0.717) is 4.58 Å². The molecular formula is C19H27NS2. The van der Waals surface area contributed by atoms with E-state index in [0.717, 1.165) is 24.3 Å². The standard InChI is InChI=1S/C19H27NS2/c1-3-5-6-8-15-13-21-19(22-14-15)17-10-9-16(7-4-2)18(11-17)12-20/h9-11,15,19H,3-8,13-14H2,1-2H3. The molecule has 0 bridgehead atoms. The van der Waals surface area contributed by atoms with Crippen molar-refractivity contribution < 1.29 is 0 Å². The monoisotopic (exact) mass is 333 g/mol. The second-order valence-corrected chi connectivity index (χ2v) is 8.71.